The lowest BCUT2D eigenvalue weighted by Gasteiger charge is -2.08. The summed E-state index contributed by atoms with van der Waals surface area (Å²) in [7, 11) is 0. The van der Waals surface area contributed by atoms with Gasteiger partial charge in [0.25, 0.3) is 5.91 Å². The third-order valence-electron chi connectivity index (χ3n) is 4.19. The number of halogens is 2. The van der Waals surface area contributed by atoms with E-state index in [2.05, 4.69) is 15.5 Å². The maximum Gasteiger partial charge on any atom is 0.256 e. The van der Waals surface area contributed by atoms with Crippen LogP contribution in [-0.4, -0.2) is 16.1 Å². The molecule has 0 spiro atoms. The molecule has 3 aromatic carbocycles. The van der Waals surface area contributed by atoms with E-state index in [1.54, 1.807) is 24.3 Å². The molecule has 0 saturated carbocycles. The number of hydrogen-bond acceptors (Lipinski definition) is 3. The summed E-state index contributed by atoms with van der Waals surface area (Å²) < 4.78 is 5.85. The fourth-order valence-electron chi connectivity index (χ4n) is 2.74. The minimum absolute atomic E-state index is 0.226. The normalized spacial score (nSPS) is 10.8. The summed E-state index contributed by atoms with van der Waals surface area (Å²) in [5.74, 6) is 0.871. The quantitative estimate of drug-likeness (QED) is 0.442. The van der Waals surface area contributed by atoms with Gasteiger partial charge in [-0.05, 0) is 48.0 Å². The minimum Gasteiger partial charge on any atom is -0.489 e. The number of hydrogen-bond donors (Lipinski definition) is 2. The predicted molar refractivity (Wildman–Crippen MR) is 111 cm³/mol. The van der Waals surface area contributed by atoms with Crippen molar-refractivity contribution in [2.45, 2.75) is 6.61 Å². The van der Waals surface area contributed by atoms with E-state index >= 15 is 0 Å². The van der Waals surface area contributed by atoms with Crippen LogP contribution in [0, 0.1) is 0 Å². The number of carbonyl (C=O) groups excluding carboxylic acids is 1. The first-order valence-electron chi connectivity index (χ1n) is 8.51. The Balaban J connectivity index is 1.52. The van der Waals surface area contributed by atoms with Crippen LogP contribution in [0.5, 0.6) is 5.75 Å². The zero-order chi connectivity index (χ0) is 19.5. The lowest BCUT2D eigenvalue weighted by atomic mass is 10.2. The number of anilines is 1. The van der Waals surface area contributed by atoms with Gasteiger partial charge in [-0.25, -0.2) is 0 Å². The Kier molecular flexibility index (Phi) is 5.19. The highest BCUT2D eigenvalue weighted by Gasteiger charge is 2.12. The van der Waals surface area contributed by atoms with Crippen LogP contribution in [0.15, 0.2) is 66.7 Å². The molecule has 0 aliphatic carbocycles. The van der Waals surface area contributed by atoms with E-state index in [1.807, 2.05) is 42.5 Å². The second kappa shape index (κ2) is 7.92. The maximum absolute atomic E-state index is 12.4. The van der Waals surface area contributed by atoms with Gasteiger partial charge >= 0.3 is 0 Å². The summed E-state index contributed by atoms with van der Waals surface area (Å²) in [6, 6.07) is 19.9. The first-order valence-corrected chi connectivity index (χ1v) is 9.27. The van der Waals surface area contributed by atoms with Crippen molar-refractivity contribution in [3.8, 4) is 5.75 Å². The molecule has 28 heavy (non-hydrogen) atoms. The van der Waals surface area contributed by atoms with Gasteiger partial charge in [0, 0.05) is 10.9 Å². The summed E-state index contributed by atoms with van der Waals surface area (Å²) >= 11 is 12.0. The number of amides is 1. The molecule has 0 unspecified atom stereocenters. The standard InChI is InChI=1S/C21H15Cl2N3O2/c22-17-8-6-13(10-18(17)23)12-28-15-7-9-19-16(11-15)20(26-25-19)24-21(27)14-4-2-1-3-5-14/h1-11H,12H2,(H2,24,25,26,27). The maximum atomic E-state index is 12.4. The van der Waals surface area contributed by atoms with E-state index in [9.17, 15) is 4.79 Å². The van der Waals surface area contributed by atoms with Crippen LogP contribution in [0.4, 0.5) is 5.82 Å². The minimum atomic E-state index is -0.226. The molecule has 2 N–H and O–H groups in total. The highest BCUT2D eigenvalue weighted by atomic mass is 35.5. The van der Waals surface area contributed by atoms with Crippen molar-refractivity contribution in [2.75, 3.05) is 5.32 Å². The van der Waals surface area contributed by atoms with Crippen molar-refractivity contribution < 1.29 is 9.53 Å². The molecule has 0 radical (unpaired) electrons. The zero-order valence-electron chi connectivity index (χ0n) is 14.6. The highest BCUT2D eigenvalue weighted by molar-refractivity contribution is 6.42. The molecule has 140 valence electrons. The fourth-order valence-corrected chi connectivity index (χ4v) is 3.06. The van der Waals surface area contributed by atoms with Crippen molar-refractivity contribution in [3.05, 3.63) is 87.9 Å². The molecule has 5 nitrogen and oxygen atoms in total. The smallest absolute Gasteiger partial charge is 0.256 e. The molecule has 7 heteroatoms. The van der Waals surface area contributed by atoms with Gasteiger partial charge in [0.1, 0.15) is 12.4 Å². The van der Waals surface area contributed by atoms with Crippen molar-refractivity contribution in [1.82, 2.24) is 10.2 Å². The molecule has 1 amide bonds. The number of rotatable bonds is 5. The number of benzene rings is 3. The van der Waals surface area contributed by atoms with Gasteiger partial charge in [0.15, 0.2) is 5.82 Å². The lowest BCUT2D eigenvalue weighted by molar-refractivity contribution is 0.102. The number of nitrogens with zero attached hydrogens (tertiary/aromatic N) is 1. The van der Waals surface area contributed by atoms with Gasteiger partial charge in [0.2, 0.25) is 0 Å². The highest BCUT2D eigenvalue weighted by Crippen LogP contribution is 2.27. The predicted octanol–water partition coefficient (Wildman–Crippen LogP) is 5.70. The van der Waals surface area contributed by atoms with Crippen LogP contribution in [0.25, 0.3) is 10.9 Å². The average molecular weight is 412 g/mol. The monoisotopic (exact) mass is 411 g/mol. The summed E-state index contributed by atoms with van der Waals surface area (Å²) in [5, 5.41) is 11.7. The topological polar surface area (TPSA) is 67.0 Å². The number of H-pyrrole nitrogens is 1. The lowest BCUT2D eigenvalue weighted by Crippen LogP contribution is -2.12. The van der Waals surface area contributed by atoms with Gasteiger partial charge in [-0.2, -0.15) is 5.10 Å². The van der Waals surface area contributed by atoms with Crippen LogP contribution < -0.4 is 10.1 Å². The molecule has 1 heterocycles. The van der Waals surface area contributed by atoms with Gasteiger partial charge < -0.3 is 10.1 Å². The second-order valence-electron chi connectivity index (χ2n) is 6.14. The zero-order valence-corrected chi connectivity index (χ0v) is 16.1. The molecule has 1 aromatic heterocycles. The molecule has 0 atom stereocenters. The first-order chi connectivity index (χ1) is 13.6. The Hall–Kier alpha value is -3.02. The van der Waals surface area contributed by atoms with E-state index in [-0.39, 0.29) is 5.91 Å². The molecule has 0 bridgehead atoms. The Bertz CT molecular complexity index is 1140. The third-order valence-corrected chi connectivity index (χ3v) is 4.93. The average Bonchev–Trinajstić information content (AvgIpc) is 3.11. The van der Waals surface area contributed by atoms with E-state index in [0.717, 1.165) is 16.5 Å². The van der Waals surface area contributed by atoms with Gasteiger partial charge in [-0.15, -0.1) is 0 Å². The summed E-state index contributed by atoms with van der Waals surface area (Å²) in [6.45, 7) is 0.339. The molecular weight excluding hydrogens is 397 g/mol. The van der Waals surface area contributed by atoms with Crippen LogP contribution in [0.3, 0.4) is 0 Å². The molecular formula is C21H15Cl2N3O2. The fraction of sp³-hybridized carbons (Fsp3) is 0.0476. The Labute approximate surface area is 171 Å². The van der Waals surface area contributed by atoms with Gasteiger partial charge in [-0.3, -0.25) is 9.89 Å². The third kappa shape index (κ3) is 3.96. The van der Waals surface area contributed by atoms with Gasteiger partial charge in [-0.1, -0.05) is 47.5 Å². The van der Waals surface area contributed by atoms with Crippen LogP contribution in [0.1, 0.15) is 15.9 Å². The van der Waals surface area contributed by atoms with E-state index in [1.165, 1.54) is 0 Å². The number of fused-ring (bicyclic) bond motifs is 1. The summed E-state index contributed by atoms with van der Waals surface area (Å²) in [4.78, 5) is 12.4. The molecule has 0 aliphatic rings. The Morgan fingerprint density at radius 3 is 2.61 bits per heavy atom. The van der Waals surface area contributed by atoms with Crippen molar-refractivity contribution >= 4 is 45.8 Å². The SMILES string of the molecule is O=C(Nc1n[nH]c2ccc(OCc3ccc(Cl)c(Cl)c3)cc12)c1ccccc1. The largest absolute Gasteiger partial charge is 0.489 e. The van der Waals surface area contributed by atoms with Crippen molar-refractivity contribution in [1.29, 1.82) is 0 Å². The van der Waals surface area contributed by atoms with Crippen LogP contribution in [-0.2, 0) is 6.61 Å². The molecule has 0 fully saturated rings. The number of aromatic nitrogens is 2. The number of aromatic amines is 1. The van der Waals surface area contributed by atoms with E-state index in [0.29, 0.717) is 33.8 Å². The van der Waals surface area contributed by atoms with E-state index in [4.69, 9.17) is 27.9 Å². The van der Waals surface area contributed by atoms with Crippen molar-refractivity contribution in [2.24, 2.45) is 0 Å². The molecule has 4 rings (SSSR count). The van der Waals surface area contributed by atoms with E-state index < -0.39 is 0 Å². The summed E-state index contributed by atoms with van der Waals surface area (Å²) in [5.41, 5.74) is 2.26. The Morgan fingerprint density at radius 1 is 1.00 bits per heavy atom. The Morgan fingerprint density at radius 2 is 1.82 bits per heavy atom. The summed E-state index contributed by atoms with van der Waals surface area (Å²) in [6.07, 6.45) is 0. The molecule has 0 aliphatic heterocycles. The van der Waals surface area contributed by atoms with Gasteiger partial charge in [0.05, 0.1) is 15.6 Å². The second-order valence-corrected chi connectivity index (χ2v) is 6.95. The number of ether oxygens (including phenoxy) is 1. The van der Waals surface area contributed by atoms with Crippen LogP contribution in [0.2, 0.25) is 10.0 Å². The first kappa shape index (κ1) is 18.3. The molecule has 4 aromatic rings. The number of nitrogens with one attached hydrogen (secondary N) is 2. The number of carbonyl (C=O) groups is 1. The van der Waals surface area contributed by atoms with Crippen molar-refractivity contribution in [3.63, 3.8) is 0 Å². The van der Waals surface area contributed by atoms with Crippen LogP contribution >= 0.6 is 23.2 Å². The molecule has 0 saturated heterocycles.